The highest BCUT2D eigenvalue weighted by Gasteiger charge is 2.27. The highest BCUT2D eigenvalue weighted by Crippen LogP contribution is 2.41. The van der Waals surface area contributed by atoms with Crippen molar-refractivity contribution in [1.82, 2.24) is 9.97 Å². The summed E-state index contributed by atoms with van der Waals surface area (Å²) in [6, 6.07) is 0. The molecule has 1 heterocycles. The number of rotatable bonds is 3. The molecule has 2 N–H and O–H groups in total. The van der Waals surface area contributed by atoms with Gasteiger partial charge in [-0.1, -0.05) is 6.92 Å². The van der Waals surface area contributed by atoms with Crippen molar-refractivity contribution < 1.29 is 0 Å². The molecular weight excluding hydrogens is 162 g/mol. The molecule has 3 nitrogen and oxygen atoms in total. The van der Waals surface area contributed by atoms with Crippen molar-refractivity contribution in [2.45, 2.75) is 38.5 Å². The number of hydrogen-bond donors (Lipinski definition) is 1. The number of nitrogens with two attached hydrogens (primary N) is 1. The molecule has 1 aromatic rings. The van der Waals surface area contributed by atoms with Gasteiger partial charge in [0.05, 0.1) is 17.6 Å². The van der Waals surface area contributed by atoms with Crippen LogP contribution < -0.4 is 5.73 Å². The molecule has 0 spiro atoms. The summed E-state index contributed by atoms with van der Waals surface area (Å²) in [5.41, 5.74) is 7.65. The van der Waals surface area contributed by atoms with Gasteiger partial charge in [-0.2, -0.15) is 0 Å². The topological polar surface area (TPSA) is 51.8 Å². The van der Waals surface area contributed by atoms with Crippen LogP contribution in [0.5, 0.6) is 0 Å². The van der Waals surface area contributed by atoms with Gasteiger partial charge >= 0.3 is 0 Å². The van der Waals surface area contributed by atoms with Gasteiger partial charge in [-0.25, -0.2) is 9.97 Å². The van der Waals surface area contributed by atoms with E-state index in [9.17, 15) is 0 Å². The molecule has 1 aliphatic rings. The number of aromatic nitrogens is 2. The van der Waals surface area contributed by atoms with Gasteiger partial charge in [0.15, 0.2) is 0 Å². The lowest BCUT2D eigenvalue weighted by Crippen LogP contribution is -2.02. The maximum atomic E-state index is 5.80. The Morgan fingerprint density at radius 1 is 1.54 bits per heavy atom. The van der Waals surface area contributed by atoms with Gasteiger partial charge in [-0.3, -0.25) is 0 Å². The van der Waals surface area contributed by atoms with Crippen LogP contribution >= 0.6 is 0 Å². The van der Waals surface area contributed by atoms with Crippen molar-refractivity contribution in [1.29, 1.82) is 0 Å². The number of aryl methyl sites for hydroxylation is 1. The summed E-state index contributed by atoms with van der Waals surface area (Å²) in [5.74, 6) is 1.57. The van der Waals surface area contributed by atoms with Crippen molar-refractivity contribution >= 4 is 5.69 Å². The molecule has 3 heteroatoms. The largest absolute Gasteiger partial charge is 0.396 e. The second-order valence-corrected chi connectivity index (χ2v) is 3.65. The summed E-state index contributed by atoms with van der Waals surface area (Å²) < 4.78 is 0. The van der Waals surface area contributed by atoms with E-state index in [-0.39, 0.29) is 0 Å². The summed E-state index contributed by atoms with van der Waals surface area (Å²) in [6.07, 6.45) is 6.29. The summed E-state index contributed by atoms with van der Waals surface area (Å²) in [5, 5.41) is 0. The molecule has 0 radical (unpaired) electrons. The van der Waals surface area contributed by atoms with Crippen molar-refractivity contribution in [3.05, 3.63) is 17.7 Å². The van der Waals surface area contributed by atoms with E-state index in [0.29, 0.717) is 5.92 Å². The van der Waals surface area contributed by atoms with Crippen LogP contribution in [0.15, 0.2) is 6.20 Å². The molecule has 0 saturated heterocycles. The van der Waals surface area contributed by atoms with Crippen LogP contribution in [0, 0.1) is 0 Å². The summed E-state index contributed by atoms with van der Waals surface area (Å²) >= 11 is 0. The quantitative estimate of drug-likeness (QED) is 0.767. The normalized spacial score (nSPS) is 16.1. The van der Waals surface area contributed by atoms with Gasteiger partial charge < -0.3 is 5.73 Å². The van der Waals surface area contributed by atoms with Gasteiger partial charge in [0.2, 0.25) is 0 Å². The van der Waals surface area contributed by atoms with Crippen LogP contribution in [0.25, 0.3) is 0 Å². The smallest absolute Gasteiger partial charge is 0.128 e. The third-order valence-corrected chi connectivity index (χ3v) is 2.34. The lowest BCUT2D eigenvalue weighted by atomic mass is 10.2. The minimum Gasteiger partial charge on any atom is -0.396 e. The molecule has 1 aliphatic carbocycles. The fraction of sp³-hybridized carbons (Fsp3) is 0.600. The predicted octanol–water partition coefficient (Wildman–Crippen LogP) is 1.89. The molecule has 0 aliphatic heterocycles. The van der Waals surface area contributed by atoms with Crippen molar-refractivity contribution in [2.24, 2.45) is 0 Å². The average Bonchev–Trinajstić information content (AvgIpc) is 2.92. The molecule has 2 rings (SSSR count). The van der Waals surface area contributed by atoms with Crippen LogP contribution in [-0.2, 0) is 6.42 Å². The molecule has 0 aromatic carbocycles. The van der Waals surface area contributed by atoms with Crippen molar-refractivity contribution in [2.75, 3.05) is 5.73 Å². The Morgan fingerprint density at radius 3 is 2.92 bits per heavy atom. The molecule has 0 amide bonds. The Morgan fingerprint density at radius 2 is 2.31 bits per heavy atom. The van der Waals surface area contributed by atoms with Crippen molar-refractivity contribution in [3.8, 4) is 0 Å². The Balaban J connectivity index is 2.25. The van der Waals surface area contributed by atoms with Crippen LogP contribution in [0.1, 0.15) is 43.6 Å². The third-order valence-electron chi connectivity index (χ3n) is 2.34. The Kier molecular flexibility index (Phi) is 2.17. The first kappa shape index (κ1) is 8.48. The number of anilines is 1. The molecule has 1 fully saturated rings. The minimum absolute atomic E-state index is 0.624. The van der Waals surface area contributed by atoms with Gasteiger partial charge in [0, 0.05) is 12.3 Å². The van der Waals surface area contributed by atoms with Gasteiger partial charge in [0.1, 0.15) is 5.82 Å². The van der Waals surface area contributed by atoms with E-state index in [2.05, 4.69) is 16.9 Å². The van der Waals surface area contributed by atoms with Crippen LogP contribution in [0.3, 0.4) is 0 Å². The zero-order valence-electron chi connectivity index (χ0n) is 7.95. The fourth-order valence-corrected chi connectivity index (χ4v) is 1.47. The van der Waals surface area contributed by atoms with Gasteiger partial charge in [-0.05, 0) is 19.3 Å². The Bertz CT molecular complexity index is 305. The average molecular weight is 177 g/mol. The number of hydrogen-bond acceptors (Lipinski definition) is 3. The van der Waals surface area contributed by atoms with E-state index < -0.39 is 0 Å². The standard InChI is InChI=1S/C10H15N3/c1-2-3-9-12-6-8(11)10(13-9)7-4-5-7/h6-7H,2-5,11H2,1H3. The second-order valence-electron chi connectivity index (χ2n) is 3.65. The summed E-state index contributed by atoms with van der Waals surface area (Å²) in [7, 11) is 0. The monoisotopic (exact) mass is 177 g/mol. The Hall–Kier alpha value is -1.12. The van der Waals surface area contributed by atoms with Gasteiger partial charge in [-0.15, -0.1) is 0 Å². The maximum Gasteiger partial charge on any atom is 0.128 e. The minimum atomic E-state index is 0.624. The second kappa shape index (κ2) is 3.32. The molecule has 0 unspecified atom stereocenters. The Labute approximate surface area is 78.4 Å². The molecule has 0 bridgehead atoms. The predicted molar refractivity (Wildman–Crippen MR) is 52.4 cm³/mol. The lowest BCUT2D eigenvalue weighted by molar-refractivity contribution is 0.813. The maximum absolute atomic E-state index is 5.80. The van der Waals surface area contributed by atoms with E-state index in [1.165, 1.54) is 12.8 Å². The van der Waals surface area contributed by atoms with E-state index in [0.717, 1.165) is 30.0 Å². The molecule has 1 aromatic heterocycles. The van der Waals surface area contributed by atoms with E-state index in [1.54, 1.807) is 6.20 Å². The number of nitrogens with zero attached hydrogens (tertiary/aromatic N) is 2. The summed E-state index contributed by atoms with van der Waals surface area (Å²) in [6.45, 7) is 2.14. The van der Waals surface area contributed by atoms with E-state index >= 15 is 0 Å². The van der Waals surface area contributed by atoms with Crippen LogP contribution in [-0.4, -0.2) is 9.97 Å². The molecule has 13 heavy (non-hydrogen) atoms. The molecule has 0 atom stereocenters. The SMILES string of the molecule is CCCc1ncc(N)c(C2CC2)n1. The molecular formula is C10H15N3. The highest BCUT2D eigenvalue weighted by molar-refractivity contribution is 5.44. The van der Waals surface area contributed by atoms with Crippen LogP contribution in [0.2, 0.25) is 0 Å². The van der Waals surface area contributed by atoms with Gasteiger partial charge in [0.25, 0.3) is 0 Å². The highest BCUT2D eigenvalue weighted by atomic mass is 14.9. The number of nitrogen functional groups attached to an aromatic ring is 1. The first-order chi connectivity index (χ1) is 6.31. The van der Waals surface area contributed by atoms with E-state index in [1.807, 2.05) is 0 Å². The van der Waals surface area contributed by atoms with Crippen molar-refractivity contribution in [3.63, 3.8) is 0 Å². The third kappa shape index (κ3) is 1.79. The lowest BCUT2D eigenvalue weighted by Gasteiger charge is -2.04. The van der Waals surface area contributed by atoms with Crippen LogP contribution in [0.4, 0.5) is 5.69 Å². The first-order valence-corrected chi connectivity index (χ1v) is 4.92. The molecule has 70 valence electrons. The zero-order chi connectivity index (χ0) is 9.26. The molecule has 1 saturated carbocycles. The zero-order valence-corrected chi connectivity index (χ0v) is 7.95. The first-order valence-electron chi connectivity index (χ1n) is 4.92. The summed E-state index contributed by atoms with van der Waals surface area (Å²) in [4.78, 5) is 8.69. The fourth-order valence-electron chi connectivity index (χ4n) is 1.47. The van der Waals surface area contributed by atoms with E-state index in [4.69, 9.17) is 5.73 Å².